The molecule has 21 heavy (non-hydrogen) atoms. The van der Waals surface area contributed by atoms with Gasteiger partial charge >= 0.3 is 5.97 Å². The Morgan fingerprint density at radius 2 is 1.71 bits per heavy atom. The second-order valence-corrected chi connectivity index (χ2v) is 5.42. The molecule has 5 nitrogen and oxygen atoms in total. The fraction of sp³-hybridized carbons (Fsp3) is 0.143. The lowest BCUT2D eigenvalue weighted by Gasteiger charge is -2.07. The standard InChI is InChI=1S/C14H12Cl2N2O3/c1-6-11(7(2)17-12(6)14(20)21)13(19)18-10-4-8(15)3-9(16)5-10/h3-5,17H,1-2H3,(H,18,19)(H,20,21). The Morgan fingerprint density at radius 1 is 1.14 bits per heavy atom. The van der Waals surface area contributed by atoms with Crippen molar-refractivity contribution in [2.24, 2.45) is 0 Å². The maximum atomic E-state index is 12.3. The minimum atomic E-state index is -1.11. The summed E-state index contributed by atoms with van der Waals surface area (Å²) < 4.78 is 0. The van der Waals surface area contributed by atoms with Crippen LogP contribution in [0.1, 0.15) is 32.1 Å². The monoisotopic (exact) mass is 326 g/mol. The number of carboxylic acids is 1. The molecule has 0 unspecified atom stereocenters. The van der Waals surface area contributed by atoms with Crippen LogP contribution in [0.4, 0.5) is 5.69 Å². The highest BCUT2D eigenvalue weighted by molar-refractivity contribution is 6.35. The molecule has 1 amide bonds. The summed E-state index contributed by atoms with van der Waals surface area (Å²) in [5.41, 5.74) is 1.60. The summed E-state index contributed by atoms with van der Waals surface area (Å²) in [4.78, 5) is 26.1. The Labute approximate surface area is 130 Å². The first-order valence-corrected chi connectivity index (χ1v) is 6.75. The summed E-state index contributed by atoms with van der Waals surface area (Å²) in [7, 11) is 0. The van der Waals surface area contributed by atoms with Crippen LogP contribution in [-0.4, -0.2) is 22.0 Å². The number of hydrogen-bond acceptors (Lipinski definition) is 2. The van der Waals surface area contributed by atoms with Gasteiger partial charge in [-0.05, 0) is 37.6 Å². The first kappa shape index (κ1) is 15.4. The summed E-state index contributed by atoms with van der Waals surface area (Å²) in [6, 6.07) is 4.66. The maximum absolute atomic E-state index is 12.3. The highest BCUT2D eigenvalue weighted by Gasteiger charge is 2.21. The number of hydrogen-bond donors (Lipinski definition) is 3. The summed E-state index contributed by atoms with van der Waals surface area (Å²) in [6.45, 7) is 3.21. The molecule has 0 radical (unpaired) electrons. The molecule has 1 aromatic heterocycles. The minimum Gasteiger partial charge on any atom is -0.477 e. The molecule has 0 aliphatic carbocycles. The number of benzene rings is 1. The number of anilines is 1. The second kappa shape index (κ2) is 5.79. The Hall–Kier alpha value is -1.98. The van der Waals surface area contributed by atoms with E-state index in [0.29, 0.717) is 32.6 Å². The highest BCUT2D eigenvalue weighted by Crippen LogP contribution is 2.24. The summed E-state index contributed by atoms with van der Waals surface area (Å²) in [5, 5.41) is 12.5. The van der Waals surface area contributed by atoms with Gasteiger partial charge in [-0.25, -0.2) is 4.79 Å². The second-order valence-electron chi connectivity index (χ2n) is 4.54. The Kier molecular flexibility index (Phi) is 4.25. The van der Waals surface area contributed by atoms with Gasteiger partial charge in [-0.3, -0.25) is 4.79 Å². The van der Waals surface area contributed by atoms with Crippen molar-refractivity contribution in [2.45, 2.75) is 13.8 Å². The fourth-order valence-corrected chi connectivity index (χ4v) is 2.65. The third-order valence-corrected chi connectivity index (χ3v) is 3.44. The number of aryl methyl sites for hydroxylation is 1. The topological polar surface area (TPSA) is 82.2 Å². The lowest BCUT2D eigenvalue weighted by atomic mass is 10.1. The molecule has 0 aliphatic rings. The van der Waals surface area contributed by atoms with Gasteiger partial charge in [0.15, 0.2) is 0 Å². The number of aromatic carboxylic acids is 1. The molecule has 0 fully saturated rings. The molecule has 0 bridgehead atoms. The first-order chi connectivity index (χ1) is 9.79. The van der Waals surface area contributed by atoms with Crippen molar-refractivity contribution in [3.8, 4) is 0 Å². The van der Waals surface area contributed by atoms with Gasteiger partial charge in [-0.1, -0.05) is 23.2 Å². The van der Waals surface area contributed by atoms with E-state index in [4.69, 9.17) is 28.3 Å². The lowest BCUT2D eigenvalue weighted by Crippen LogP contribution is -2.14. The van der Waals surface area contributed by atoms with Crippen molar-refractivity contribution in [3.05, 3.63) is 50.8 Å². The molecule has 2 aromatic rings. The molecule has 0 aliphatic heterocycles. The van der Waals surface area contributed by atoms with Gasteiger partial charge in [0.2, 0.25) is 0 Å². The molecule has 1 aromatic carbocycles. The predicted octanol–water partition coefficient (Wildman–Crippen LogP) is 3.89. The third-order valence-electron chi connectivity index (χ3n) is 3.00. The van der Waals surface area contributed by atoms with E-state index in [2.05, 4.69) is 10.3 Å². The van der Waals surface area contributed by atoms with Crippen LogP contribution in [0, 0.1) is 13.8 Å². The van der Waals surface area contributed by atoms with Crippen LogP contribution in [0.2, 0.25) is 10.0 Å². The Balaban J connectivity index is 2.35. The molecular weight excluding hydrogens is 315 g/mol. The van der Waals surface area contributed by atoms with Gasteiger partial charge in [-0.2, -0.15) is 0 Å². The predicted molar refractivity (Wildman–Crippen MR) is 81.6 cm³/mol. The number of carbonyl (C=O) groups excluding carboxylic acids is 1. The number of halogens is 2. The van der Waals surface area contributed by atoms with Crippen LogP contribution in [0.3, 0.4) is 0 Å². The molecule has 110 valence electrons. The minimum absolute atomic E-state index is 0.00164. The quantitative estimate of drug-likeness (QED) is 0.800. The molecular formula is C14H12Cl2N2O3. The van der Waals surface area contributed by atoms with E-state index in [9.17, 15) is 9.59 Å². The third kappa shape index (κ3) is 3.20. The Bertz CT molecular complexity index is 718. The van der Waals surface area contributed by atoms with Gasteiger partial charge in [0, 0.05) is 21.4 Å². The maximum Gasteiger partial charge on any atom is 0.352 e. The van der Waals surface area contributed by atoms with E-state index in [-0.39, 0.29) is 5.69 Å². The normalized spacial score (nSPS) is 10.5. The van der Waals surface area contributed by atoms with Crippen LogP contribution < -0.4 is 5.32 Å². The van der Waals surface area contributed by atoms with Crippen molar-refractivity contribution in [3.63, 3.8) is 0 Å². The van der Waals surface area contributed by atoms with Crippen LogP contribution in [0.5, 0.6) is 0 Å². The summed E-state index contributed by atoms with van der Waals surface area (Å²) >= 11 is 11.7. The van der Waals surface area contributed by atoms with Crippen molar-refractivity contribution >= 4 is 40.8 Å². The molecule has 7 heteroatoms. The zero-order chi connectivity index (χ0) is 15.7. The van der Waals surface area contributed by atoms with E-state index in [1.54, 1.807) is 32.0 Å². The van der Waals surface area contributed by atoms with E-state index in [1.807, 2.05) is 0 Å². The lowest BCUT2D eigenvalue weighted by molar-refractivity contribution is 0.0690. The number of aromatic amines is 1. The average Bonchev–Trinajstić information content (AvgIpc) is 2.63. The van der Waals surface area contributed by atoms with Gasteiger partial charge in [0.1, 0.15) is 5.69 Å². The Morgan fingerprint density at radius 3 is 2.19 bits per heavy atom. The van der Waals surface area contributed by atoms with Crippen LogP contribution in [0.25, 0.3) is 0 Å². The zero-order valence-electron chi connectivity index (χ0n) is 11.3. The van der Waals surface area contributed by atoms with Crippen LogP contribution in [-0.2, 0) is 0 Å². The number of nitrogens with one attached hydrogen (secondary N) is 2. The number of carbonyl (C=O) groups is 2. The molecule has 0 spiro atoms. The first-order valence-electron chi connectivity index (χ1n) is 5.99. The summed E-state index contributed by atoms with van der Waals surface area (Å²) in [6.07, 6.45) is 0. The molecule has 3 N–H and O–H groups in total. The zero-order valence-corrected chi connectivity index (χ0v) is 12.8. The van der Waals surface area contributed by atoms with Crippen molar-refractivity contribution in [2.75, 3.05) is 5.32 Å². The highest BCUT2D eigenvalue weighted by atomic mass is 35.5. The molecule has 0 saturated heterocycles. The van der Waals surface area contributed by atoms with Gasteiger partial charge in [-0.15, -0.1) is 0 Å². The van der Waals surface area contributed by atoms with E-state index in [0.717, 1.165) is 0 Å². The smallest absolute Gasteiger partial charge is 0.352 e. The fourth-order valence-electron chi connectivity index (χ4n) is 2.12. The summed E-state index contributed by atoms with van der Waals surface area (Å²) in [5.74, 6) is -1.53. The van der Waals surface area contributed by atoms with E-state index in [1.165, 1.54) is 0 Å². The molecule has 2 rings (SSSR count). The number of rotatable bonds is 3. The molecule has 0 atom stereocenters. The molecule has 0 saturated carbocycles. The van der Waals surface area contributed by atoms with Crippen molar-refractivity contribution in [1.82, 2.24) is 4.98 Å². The van der Waals surface area contributed by atoms with Crippen LogP contribution >= 0.6 is 23.2 Å². The van der Waals surface area contributed by atoms with E-state index >= 15 is 0 Å². The molecule has 1 heterocycles. The van der Waals surface area contributed by atoms with Gasteiger partial charge < -0.3 is 15.4 Å². The van der Waals surface area contributed by atoms with Gasteiger partial charge in [0.05, 0.1) is 5.56 Å². The number of H-pyrrole nitrogens is 1. The number of amides is 1. The van der Waals surface area contributed by atoms with Crippen LogP contribution in [0.15, 0.2) is 18.2 Å². The number of carboxylic acid groups (broad SMARTS) is 1. The van der Waals surface area contributed by atoms with Crippen molar-refractivity contribution < 1.29 is 14.7 Å². The largest absolute Gasteiger partial charge is 0.477 e. The van der Waals surface area contributed by atoms with E-state index < -0.39 is 11.9 Å². The van der Waals surface area contributed by atoms with Crippen molar-refractivity contribution in [1.29, 1.82) is 0 Å². The number of aromatic nitrogens is 1. The SMILES string of the molecule is Cc1[nH]c(C(=O)O)c(C)c1C(=O)Nc1cc(Cl)cc(Cl)c1. The average molecular weight is 327 g/mol. The van der Waals surface area contributed by atoms with Gasteiger partial charge in [0.25, 0.3) is 5.91 Å².